The summed E-state index contributed by atoms with van der Waals surface area (Å²) in [4.78, 5) is 0. The molecule has 0 fully saturated rings. The predicted octanol–water partition coefficient (Wildman–Crippen LogP) is 2.87. The SMILES string of the molecule is CCCCCC1=COCC1. The van der Waals surface area contributed by atoms with Gasteiger partial charge in [-0.15, -0.1) is 0 Å². The first-order valence-electron chi connectivity index (χ1n) is 4.23. The third-order valence-electron chi connectivity index (χ3n) is 1.89. The summed E-state index contributed by atoms with van der Waals surface area (Å²) in [6.07, 6.45) is 8.38. The Morgan fingerprint density at radius 1 is 1.50 bits per heavy atom. The van der Waals surface area contributed by atoms with Gasteiger partial charge in [0.15, 0.2) is 0 Å². The van der Waals surface area contributed by atoms with E-state index in [0.29, 0.717) is 0 Å². The maximum absolute atomic E-state index is 5.13. The van der Waals surface area contributed by atoms with Crippen molar-refractivity contribution in [1.82, 2.24) is 0 Å². The molecule has 0 atom stereocenters. The average Bonchev–Trinajstić information content (AvgIpc) is 2.41. The number of ether oxygens (including phenoxy) is 1. The molecule has 0 spiro atoms. The van der Waals surface area contributed by atoms with E-state index in [1.54, 1.807) is 0 Å². The van der Waals surface area contributed by atoms with E-state index in [9.17, 15) is 0 Å². The number of hydrogen-bond acceptors (Lipinski definition) is 1. The fourth-order valence-electron chi connectivity index (χ4n) is 1.21. The van der Waals surface area contributed by atoms with Gasteiger partial charge in [0.25, 0.3) is 0 Å². The van der Waals surface area contributed by atoms with Crippen molar-refractivity contribution in [2.75, 3.05) is 6.61 Å². The second-order valence-electron chi connectivity index (χ2n) is 2.85. The molecule has 0 saturated heterocycles. The van der Waals surface area contributed by atoms with E-state index in [1.165, 1.54) is 37.7 Å². The molecule has 0 N–H and O–H groups in total. The molecular formula is C9H16O. The molecule has 0 aromatic heterocycles. The maximum atomic E-state index is 5.13. The van der Waals surface area contributed by atoms with Gasteiger partial charge in [-0.05, 0) is 18.4 Å². The molecule has 0 unspecified atom stereocenters. The predicted molar refractivity (Wildman–Crippen MR) is 42.8 cm³/mol. The molecule has 0 aromatic rings. The van der Waals surface area contributed by atoms with Crippen molar-refractivity contribution in [3.05, 3.63) is 11.8 Å². The third kappa shape index (κ3) is 2.42. The molecule has 1 aliphatic heterocycles. The summed E-state index contributed by atoms with van der Waals surface area (Å²) in [6.45, 7) is 3.15. The molecule has 0 amide bonds. The highest BCUT2D eigenvalue weighted by molar-refractivity contribution is 5.01. The Bertz CT molecular complexity index is 116. The Balaban J connectivity index is 2.01. The van der Waals surface area contributed by atoms with Crippen LogP contribution in [0.5, 0.6) is 0 Å². The Hall–Kier alpha value is -0.460. The third-order valence-corrected chi connectivity index (χ3v) is 1.89. The van der Waals surface area contributed by atoms with Gasteiger partial charge < -0.3 is 4.74 Å². The minimum absolute atomic E-state index is 0.918. The normalized spacial score (nSPS) is 16.7. The minimum Gasteiger partial charge on any atom is -0.501 e. The largest absolute Gasteiger partial charge is 0.501 e. The second-order valence-corrected chi connectivity index (χ2v) is 2.85. The van der Waals surface area contributed by atoms with Crippen LogP contribution in [0.15, 0.2) is 11.8 Å². The van der Waals surface area contributed by atoms with Gasteiger partial charge in [-0.25, -0.2) is 0 Å². The zero-order chi connectivity index (χ0) is 7.23. The molecule has 0 aliphatic carbocycles. The summed E-state index contributed by atoms with van der Waals surface area (Å²) < 4.78 is 5.13. The van der Waals surface area contributed by atoms with Crippen molar-refractivity contribution < 1.29 is 4.74 Å². The van der Waals surface area contributed by atoms with Crippen LogP contribution in [-0.2, 0) is 4.74 Å². The zero-order valence-electron chi connectivity index (χ0n) is 6.73. The molecule has 1 heterocycles. The first-order valence-corrected chi connectivity index (χ1v) is 4.23. The van der Waals surface area contributed by atoms with Gasteiger partial charge in [-0.1, -0.05) is 19.8 Å². The lowest BCUT2D eigenvalue weighted by Crippen LogP contribution is -1.81. The van der Waals surface area contributed by atoms with Gasteiger partial charge in [0.2, 0.25) is 0 Å². The summed E-state index contributed by atoms with van der Waals surface area (Å²) in [5, 5.41) is 0. The second kappa shape index (κ2) is 4.37. The van der Waals surface area contributed by atoms with Gasteiger partial charge in [0.1, 0.15) is 0 Å². The van der Waals surface area contributed by atoms with E-state index < -0.39 is 0 Å². The molecule has 0 radical (unpaired) electrons. The lowest BCUT2D eigenvalue weighted by Gasteiger charge is -1.96. The summed E-state index contributed by atoms with van der Waals surface area (Å²) in [5.41, 5.74) is 1.51. The van der Waals surface area contributed by atoms with E-state index in [-0.39, 0.29) is 0 Å². The van der Waals surface area contributed by atoms with E-state index >= 15 is 0 Å². The molecule has 1 rings (SSSR count). The van der Waals surface area contributed by atoms with Gasteiger partial charge in [0, 0.05) is 6.42 Å². The number of unbranched alkanes of at least 4 members (excludes halogenated alkanes) is 2. The molecule has 1 heteroatoms. The molecule has 10 heavy (non-hydrogen) atoms. The quantitative estimate of drug-likeness (QED) is 0.545. The van der Waals surface area contributed by atoms with E-state index in [2.05, 4.69) is 6.92 Å². The van der Waals surface area contributed by atoms with Crippen LogP contribution in [0.4, 0.5) is 0 Å². The highest BCUT2D eigenvalue weighted by Gasteiger charge is 2.03. The van der Waals surface area contributed by atoms with Crippen LogP contribution >= 0.6 is 0 Å². The summed E-state index contributed by atoms with van der Waals surface area (Å²) in [5.74, 6) is 0. The summed E-state index contributed by atoms with van der Waals surface area (Å²) in [6, 6.07) is 0. The highest BCUT2D eigenvalue weighted by Crippen LogP contribution is 2.17. The molecule has 0 saturated carbocycles. The van der Waals surface area contributed by atoms with Crippen molar-refractivity contribution in [2.45, 2.75) is 39.0 Å². The summed E-state index contributed by atoms with van der Waals surface area (Å²) in [7, 11) is 0. The number of rotatable bonds is 4. The molecule has 0 bridgehead atoms. The average molecular weight is 140 g/mol. The standard InChI is InChI=1S/C9H16O/c1-2-3-4-5-9-6-7-10-8-9/h8H,2-7H2,1H3. The van der Waals surface area contributed by atoms with E-state index in [0.717, 1.165) is 6.61 Å². The Kier molecular flexibility index (Phi) is 3.34. The Labute approximate surface area is 63.1 Å². The summed E-state index contributed by atoms with van der Waals surface area (Å²) >= 11 is 0. The van der Waals surface area contributed by atoms with E-state index in [4.69, 9.17) is 4.74 Å². The van der Waals surface area contributed by atoms with E-state index in [1.807, 2.05) is 6.26 Å². The van der Waals surface area contributed by atoms with Gasteiger partial charge in [0.05, 0.1) is 12.9 Å². The fraction of sp³-hybridized carbons (Fsp3) is 0.778. The maximum Gasteiger partial charge on any atom is 0.0911 e. The molecule has 0 aromatic carbocycles. The van der Waals surface area contributed by atoms with Crippen molar-refractivity contribution >= 4 is 0 Å². The first-order chi connectivity index (χ1) is 4.93. The molecular weight excluding hydrogens is 124 g/mol. The lowest BCUT2D eigenvalue weighted by atomic mass is 10.1. The van der Waals surface area contributed by atoms with Crippen LogP contribution in [-0.4, -0.2) is 6.61 Å². The molecule has 1 nitrogen and oxygen atoms in total. The lowest BCUT2D eigenvalue weighted by molar-refractivity contribution is 0.281. The van der Waals surface area contributed by atoms with Gasteiger partial charge >= 0.3 is 0 Å². The Morgan fingerprint density at radius 3 is 3.00 bits per heavy atom. The van der Waals surface area contributed by atoms with Crippen molar-refractivity contribution in [3.8, 4) is 0 Å². The molecule has 1 aliphatic rings. The smallest absolute Gasteiger partial charge is 0.0911 e. The van der Waals surface area contributed by atoms with Crippen LogP contribution in [0.2, 0.25) is 0 Å². The van der Waals surface area contributed by atoms with Crippen LogP contribution in [0, 0.1) is 0 Å². The van der Waals surface area contributed by atoms with Crippen LogP contribution in [0.1, 0.15) is 39.0 Å². The number of hydrogen-bond donors (Lipinski definition) is 0. The highest BCUT2D eigenvalue weighted by atomic mass is 16.5. The van der Waals surface area contributed by atoms with Gasteiger partial charge in [-0.3, -0.25) is 0 Å². The first kappa shape index (κ1) is 7.64. The van der Waals surface area contributed by atoms with Crippen LogP contribution < -0.4 is 0 Å². The zero-order valence-corrected chi connectivity index (χ0v) is 6.73. The topological polar surface area (TPSA) is 9.23 Å². The van der Waals surface area contributed by atoms with Crippen molar-refractivity contribution in [2.24, 2.45) is 0 Å². The van der Waals surface area contributed by atoms with Crippen molar-refractivity contribution in [1.29, 1.82) is 0 Å². The van der Waals surface area contributed by atoms with Gasteiger partial charge in [-0.2, -0.15) is 0 Å². The fourth-order valence-corrected chi connectivity index (χ4v) is 1.21. The minimum atomic E-state index is 0.918. The van der Waals surface area contributed by atoms with Crippen LogP contribution in [0.25, 0.3) is 0 Å². The van der Waals surface area contributed by atoms with Crippen LogP contribution in [0.3, 0.4) is 0 Å². The van der Waals surface area contributed by atoms with Crippen molar-refractivity contribution in [3.63, 3.8) is 0 Å². The monoisotopic (exact) mass is 140 g/mol. The Morgan fingerprint density at radius 2 is 2.40 bits per heavy atom. The molecule has 58 valence electrons.